The van der Waals surface area contributed by atoms with Crippen LogP contribution in [-0.2, 0) is 9.53 Å². The fourth-order valence-corrected chi connectivity index (χ4v) is 2.38. The Bertz CT molecular complexity index is 181. The number of carbonyl (C=O) groups excluding carboxylic acids is 1. The Morgan fingerprint density at radius 2 is 2.50 bits per heavy atom. The molecule has 0 aromatic rings. The first kappa shape index (κ1) is 11.9. The maximum atomic E-state index is 11.6. The van der Waals surface area contributed by atoms with Gasteiger partial charge in [-0.05, 0) is 13.3 Å². The van der Waals surface area contributed by atoms with Gasteiger partial charge in [-0.15, -0.1) is 0 Å². The van der Waals surface area contributed by atoms with Gasteiger partial charge in [0.05, 0.1) is 6.10 Å². The molecule has 1 N–H and O–H groups in total. The van der Waals surface area contributed by atoms with Crippen LogP contribution in [0, 0.1) is 0 Å². The Kier molecular flexibility index (Phi) is 5.33. The second-order valence-corrected chi connectivity index (χ2v) is 4.77. The summed E-state index contributed by atoms with van der Waals surface area (Å²) in [5.74, 6) is 1.85. The van der Waals surface area contributed by atoms with Crippen LogP contribution in [0.3, 0.4) is 0 Å². The van der Waals surface area contributed by atoms with Crippen molar-refractivity contribution in [2.24, 2.45) is 0 Å². The van der Waals surface area contributed by atoms with Gasteiger partial charge in [-0.25, -0.2) is 0 Å². The number of nitrogens with one attached hydrogen (secondary N) is 1. The molecule has 1 rings (SSSR count). The molecule has 0 amide bonds. The molecule has 2 unspecified atom stereocenters. The van der Waals surface area contributed by atoms with Gasteiger partial charge in [0.15, 0.2) is 0 Å². The zero-order valence-electron chi connectivity index (χ0n) is 8.91. The van der Waals surface area contributed by atoms with Crippen molar-refractivity contribution in [2.45, 2.75) is 38.8 Å². The molecule has 1 saturated heterocycles. The summed E-state index contributed by atoms with van der Waals surface area (Å²) in [7, 11) is 0. The minimum absolute atomic E-state index is 0.0567. The number of esters is 1. The zero-order chi connectivity index (χ0) is 10.4. The molecular weight excluding hydrogens is 198 g/mol. The van der Waals surface area contributed by atoms with Gasteiger partial charge in [0.2, 0.25) is 0 Å². The van der Waals surface area contributed by atoms with Crippen molar-refractivity contribution >= 4 is 17.7 Å². The normalized spacial score (nSPS) is 24.3. The molecule has 0 aromatic carbocycles. The predicted molar refractivity (Wildman–Crippen MR) is 59.6 cm³/mol. The lowest BCUT2D eigenvalue weighted by Gasteiger charge is -2.23. The molecule has 0 aliphatic carbocycles. The highest BCUT2D eigenvalue weighted by Crippen LogP contribution is 2.10. The summed E-state index contributed by atoms with van der Waals surface area (Å²) in [5, 5.41) is 3.17. The van der Waals surface area contributed by atoms with Gasteiger partial charge < -0.3 is 10.1 Å². The molecule has 0 spiro atoms. The van der Waals surface area contributed by atoms with E-state index in [-0.39, 0.29) is 18.1 Å². The number of thioether (sulfide) groups is 1. The first-order chi connectivity index (χ1) is 6.74. The summed E-state index contributed by atoms with van der Waals surface area (Å²) in [5.41, 5.74) is 0. The molecule has 4 heteroatoms. The van der Waals surface area contributed by atoms with Gasteiger partial charge in [0.25, 0.3) is 0 Å². The molecule has 2 atom stereocenters. The van der Waals surface area contributed by atoms with Gasteiger partial charge in [0, 0.05) is 18.1 Å². The summed E-state index contributed by atoms with van der Waals surface area (Å²) < 4.78 is 5.32. The van der Waals surface area contributed by atoms with E-state index in [1.807, 2.05) is 18.7 Å². The van der Waals surface area contributed by atoms with Crippen LogP contribution in [0.4, 0.5) is 0 Å². The van der Waals surface area contributed by atoms with Gasteiger partial charge in [-0.3, -0.25) is 4.79 Å². The molecule has 14 heavy (non-hydrogen) atoms. The largest absolute Gasteiger partial charge is 0.461 e. The van der Waals surface area contributed by atoms with Gasteiger partial charge >= 0.3 is 5.97 Å². The third kappa shape index (κ3) is 3.88. The van der Waals surface area contributed by atoms with Crippen LogP contribution in [0.2, 0.25) is 0 Å². The maximum Gasteiger partial charge on any atom is 0.324 e. The molecule has 1 fully saturated rings. The van der Waals surface area contributed by atoms with Gasteiger partial charge in [-0.1, -0.05) is 13.3 Å². The number of carbonyl (C=O) groups is 1. The minimum atomic E-state index is -0.0898. The first-order valence-electron chi connectivity index (χ1n) is 5.25. The molecule has 0 bridgehead atoms. The van der Waals surface area contributed by atoms with Crippen LogP contribution in [0.1, 0.15) is 26.7 Å². The number of ether oxygens (including phenoxy) is 1. The first-order valence-corrected chi connectivity index (χ1v) is 6.41. The van der Waals surface area contributed by atoms with E-state index in [0.717, 1.165) is 30.9 Å². The summed E-state index contributed by atoms with van der Waals surface area (Å²) in [6.45, 7) is 4.96. The summed E-state index contributed by atoms with van der Waals surface area (Å²) in [6.07, 6.45) is 2.06. The van der Waals surface area contributed by atoms with Crippen molar-refractivity contribution < 1.29 is 9.53 Å². The molecule has 0 aromatic heterocycles. The van der Waals surface area contributed by atoms with E-state index >= 15 is 0 Å². The molecule has 1 aliphatic heterocycles. The van der Waals surface area contributed by atoms with Crippen LogP contribution < -0.4 is 5.32 Å². The van der Waals surface area contributed by atoms with Crippen molar-refractivity contribution in [3.63, 3.8) is 0 Å². The van der Waals surface area contributed by atoms with E-state index in [9.17, 15) is 4.79 Å². The molecule has 3 nitrogen and oxygen atoms in total. The van der Waals surface area contributed by atoms with Crippen LogP contribution in [0.5, 0.6) is 0 Å². The van der Waals surface area contributed by atoms with Crippen LogP contribution in [0.15, 0.2) is 0 Å². The van der Waals surface area contributed by atoms with Crippen molar-refractivity contribution in [3.8, 4) is 0 Å². The maximum absolute atomic E-state index is 11.6. The van der Waals surface area contributed by atoms with Crippen molar-refractivity contribution in [3.05, 3.63) is 0 Å². The third-order valence-electron chi connectivity index (χ3n) is 2.22. The van der Waals surface area contributed by atoms with Crippen LogP contribution in [0.25, 0.3) is 0 Å². The van der Waals surface area contributed by atoms with E-state index in [2.05, 4.69) is 12.2 Å². The van der Waals surface area contributed by atoms with E-state index < -0.39 is 0 Å². The quantitative estimate of drug-likeness (QED) is 0.723. The SMILES string of the molecule is CCCC(C)OC(=O)C1CSCCN1. The molecule has 82 valence electrons. The van der Waals surface area contributed by atoms with E-state index in [1.54, 1.807) is 0 Å². The van der Waals surface area contributed by atoms with Crippen molar-refractivity contribution in [1.82, 2.24) is 5.32 Å². The van der Waals surface area contributed by atoms with E-state index in [4.69, 9.17) is 4.74 Å². The smallest absolute Gasteiger partial charge is 0.324 e. The standard InChI is InChI=1S/C10H19NO2S/c1-3-4-8(2)13-10(12)9-7-14-6-5-11-9/h8-9,11H,3-7H2,1-2H3. The molecule has 1 heterocycles. The Morgan fingerprint density at radius 3 is 3.07 bits per heavy atom. The fraction of sp³-hybridized carbons (Fsp3) is 0.900. The topological polar surface area (TPSA) is 38.3 Å². The predicted octanol–water partition coefficient (Wildman–Crippen LogP) is 1.42. The van der Waals surface area contributed by atoms with Crippen LogP contribution >= 0.6 is 11.8 Å². The second-order valence-electron chi connectivity index (χ2n) is 3.62. The summed E-state index contributed by atoms with van der Waals surface area (Å²) in [6, 6.07) is -0.0898. The highest BCUT2D eigenvalue weighted by Gasteiger charge is 2.23. The lowest BCUT2D eigenvalue weighted by molar-refractivity contribution is -0.150. The highest BCUT2D eigenvalue weighted by atomic mass is 32.2. The fourth-order valence-electron chi connectivity index (χ4n) is 1.46. The second kappa shape index (κ2) is 6.30. The highest BCUT2D eigenvalue weighted by molar-refractivity contribution is 7.99. The minimum Gasteiger partial charge on any atom is -0.461 e. The average Bonchev–Trinajstić information content (AvgIpc) is 2.19. The van der Waals surface area contributed by atoms with E-state index in [0.29, 0.717) is 0 Å². The molecule has 0 radical (unpaired) electrons. The third-order valence-corrected chi connectivity index (χ3v) is 3.28. The lowest BCUT2D eigenvalue weighted by atomic mass is 10.2. The molecule has 0 saturated carbocycles. The zero-order valence-corrected chi connectivity index (χ0v) is 9.73. The summed E-state index contributed by atoms with van der Waals surface area (Å²) in [4.78, 5) is 11.6. The van der Waals surface area contributed by atoms with Crippen molar-refractivity contribution in [1.29, 1.82) is 0 Å². The average molecular weight is 217 g/mol. The summed E-state index contributed by atoms with van der Waals surface area (Å²) >= 11 is 1.81. The van der Waals surface area contributed by atoms with E-state index in [1.165, 1.54) is 0 Å². The van der Waals surface area contributed by atoms with Gasteiger partial charge in [0.1, 0.15) is 6.04 Å². The molecular formula is C10H19NO2S. The van der Waals surface area contributed by atoms with Crippen molar-refractivity contribution in [2.75, 3.05) is 18.1 Å². The van der Waals surface area contributed by atoms with Gasteiger partial charge in [-0.2, -0.15) is 11.8 Å². The lowest BCUT2D eigenvalue weighted by Crippen LogP contribution is -2.45. The number of hydrogen-bond donors (Lipinski definition) is 1. The Labute approximate surface area is 90.0 Å². The Balaban J connectivity index is 2.25. The number of hydrogen-bond acceptors (Lipinski definition) is 4. The van der Waals surface area contributed by atoms with Crippen LogP contribution in [-0.4, -0.2) is 36.2 Å². The Morgan fingerprint density at radius 1 is 1.71 bits per heavy atom. The number of rotatable bonds is 4. The molecule has 1 aliphatic rings. The Hall–Kier alpha value is -0.220. The monoisotopic (exact) mass is 217 g/mol.